The summed E-state index contributed by atoms with van der Waals surface area (Å²) in [4.78, 5) is 0. The monoisotopic (exact) mass is 301 g/mol. The SMILES string of the molecule is COc1ccc(Br)cc1CC(C)(CN)C(C)O. The van der Waals surface area contributed by atoms with E-state index in [-0.39, 0.29) is 5.41 Å². The molecule has 4 heteroatoms. The molecule has 2 unspecified atom stereocenters. The summed E-state index contributed by atoms with van der Waals surface area (Å²) in [6.07, 6.45) is 0.222. The first kappa shape index (κ1) is 14.5. The lowest BCUT2D eigenvalue weighted by atomic mass is 9.79. The number of hydrogen-bond donors (Lipinski definition) is 2. The third-order valence-electron chi connectivity index (χ3n) is 3.31. The van der Waals surface area contributed by atoms with E-state index in [4.69, 9.17) is 10.5 Å². The number of aliphatic hydroxyl groups is 1. The summed E-state index contributed by atoms with van der Waals surface area (Å²) >= 11 is 3.44. The standard InChI is InChI=1S/C13H20BrNO2/c1-9(16)13(2,8-15)7-10-6-11(14)4-5-12(10)17-3/h4-6,9,16H,7-8,15H2,1-3H3. The van der Waals surface area contributed by atoms with Crippen LogP contribution in [0.25, 0.3) is 0 Å². The molecule has 17 heavy (non-hydrogen) atoms. The molecule has 0 bridgehead atoms. The van der Waals surface area contributed by atoms with Crippen LogP contribution in [0.15, 0.2) is 22.7 Å². The Morgan fingerprint density at radius 2 is 2.18 bits per heavy atom. The molecular formula is C13H20BrNO2. The van der Waals surface area contributed by atoms with Crippen molar-refractivity contribution in [3.63, 3.8) is 0 Å². The predicted octanol–water partition coefficient (Wildman–Crippen LogP) is 2.35. The Morgan fingerprint density at radius 3 is 2.65 bits per heavy atom. The van der Waals surface area contributed by atoms with Gasteiger partial charge in [0.2, 0.25) is 0 Å². The number of rotatable bonds is 5. The zero-order valence-corrected chi connectivity index (χ0v) is 12.1. The molecule has 0 radical (unpaired) electrons. The second-order valence-corrected chi connectivity index (χ2v) is 5.58. The van der Waals surface area contributed by atoms with E-state index in [0.717, 1.165) is 15.8 Å². The lowest BCUT2D eigenvalue weighted by Crippen LogP contribution is -2.39. The molecule has 0 aliphatic rings. The molecule has 1 rings (SSSR count). The van der Waals surface area contributed by atoms with Crippen molar-refractivity contribution in [2.75, 3.05) is 13.7 Å². The highest BCUT2D eigenvalue weighted by Gasteiger charge is 2.29. The van der Waals surface area contributed by atoms with E-state index in [1.165, 1.54) is 0 Å². The fourth-order valence-electron chi connectivity index (χ4n) is 1.71. The first-order valence-electron chi connectivity index (χ1n) is 5.63. The van der Waals surface area contributed by atoms with Crippen LogP contribution in [0.1, 0.15) is 19.4 Å². The fraction of sp³-hybridized carbons (Fsp3) is 0.538. The summed E-state index contributed by atoms with van der Waals surface area (Å²) in [5.41, 5.74) is 6.49. The molecule has 3 nitrogen and oxygen atoms in total. The summed E-state index contributed by atoms with van der Waals surface area (Å²) < 4.78 is 6.33. The smallest absolute Gasteiger partial charge is 0.122 e. The molecule has 0 aromatic heterocycles. The van der Waals surface area contributed by atoms with Crippen molar-refractivity contribution in [1.82, 2.24) is 0 Å². The van der Waals surface area contributed by atoms with Crippen molar-refractivity contribution in [3.05, 3.63) is 28.2 Å². The minimum Gasteiger partial charge on any atom is -0.496 e. The Hall–Kier alpha value is -0.580. The first-order valence-corrected chi connectivity index (χ1v) is 6.43. The number of aliphatic hydroxyl groups excluding tert-OH is 1. The molecule has 0 fully saturated rings. The highest BCUT2D eigenvalue weighted by Crippen LogP contribution is 2.32. The minimum atomic E-state index is -0.462. The lowest BCUT2D eigenvalue weighted by molar-refractivity contribution is 0.0584. The van der Waals surface area contributed by atoms with Crippen LogP contribution in [0.2, 0.25) is 0 Å². The molecule has 2 atom stereocenters. The Morgan fingerprint density at radius 1 is 1.53 bits per heavy atom. The van der Waals surface area contributed by atoms with Gasteiger partial charge in [-0.3, -0.25) is 0 Å². The van der Waals surface area contributed by atoms with Gasteiger partial charge in [0.25, 0.3) is 0 Å². The molecule has 1 aromatic rings. The van der Waals surface area contributed by atoms with Crippen molar-refractivity contribution in [2.45, 2.75) is 26.4 Å². The zero-order chi connectivity index (χ0) is 13.1. The van der Waals surface area contributed by atoms with E-state index in [9.17, 15) is 5.11 Å². The highest BCUT2D eigenvalue weighted by atomic mass is 79.9. The van der Waals surface area contributed by atoms with Gasteiger partial charge in [-0.25, -0.2) is 0 Å². The van der Waals surface area contributed by atoms with Gasteiger partial charge in [0.1, 0.15) is 5.75 Å². The maximum atomic E-state index is 9.83. The van der Waals surface area contributed by atoms with E-state index in [2.05, 4.69) is 15.9 Å². The molecule has 0 heterocycles. The second-order valence-electron chi connectivity index (χ2n) is 4.67. The van der Waals surface area contributed by atoms with Crippen LogP contribution < -0.4 is 10.5 Å². The van der Waals surface area contributed by atoms with E-state index < -0.39 is 6.10 Å². The van der Waals surface area contributed by atoms with E-state index >= 15 is 0 Å². The molecule has 1 aromatic carbocycles. The van der Waals surface area contributed by atoms with Gasteiger partial charge in [-0.15, -0.1) is 0 Å². The van der Waals surface area contributed by atoms with Crippen LogP contribution >= 0.6 is 15.9 Å². The van der Waals surface area contributed by atoms with E-state index in [1.54, 1.807) is 14.0 Å². The average molecular weight is 302 g/mol. The molecular weight excluding hydrogens is 282 g/mol. The van der Waals surface area contributed by atoms with Gasteiger partial charge in [0, 0.05) is 16.4 Å². The molecule has 0 aliphatic heterocycles. The largest absolute Gasteiger partial charge is 0.496 e. The molecule has 96 valence electrons. The Kier molecular flexibility index (Phi) is 4.98. The van der Waals surface area contributed by atoms with Gasteiger partial charge in [-0.05, 0) is 37.1 Å². The normalized spacial score (nSPS) is 16.4. The molecule has 0 saturated carbocycles. The van der Waals surface area contributed by atoms with Gasteiger partial charge in [0.05, 0.1) is 13.2 Å². The third-order valence-corrected chi connectivity index (χ3v) is 3.80. The number of hydrogen-bond acceptors (Lipinski definition) is 3. The number of benzene rings is 1. The van der Waals surface area contributed by atoms with Crippen molar-refractivity contribution >= 4 is 15.9 Å². The highest BCUT2D eigenvalue weighted by molar-refractivity contribution is 9.10. The molecule has 0 spiro atoms. The topological polar surface area (TPSA) is 55.5 Å². The van der Waals surface area contributed by atoms with Crippen LogP contribution in [0.3, 0.4) is 0 Å². The summed E-state index contributed by atoms with van der Waals surface area (Å²) in [5.74, 6) is 0.827. The van der Waals surface area contributed by atoms with E-state index in [1.807, 2.05) is 25.1 Å². The van der Waals surface area contributed by atoms with Gasteiger partial charge in [-0.2, -0.15) is 0 Å². The number of ether oxygens (including phenoxy) is 1. The lowest BCUT2D eigenvalue weighted by Gasteiger charge is -2.31. The van der Waals surface area contributed by atoms with Crippen molar-refractivity contribution < 1.29 is 9.84 Å². The summed E-state index contributed by atoms with van der Waals surface area (Å²) in [6, 6.07) is 5.86. The van der Waals surface area contributed by atoms with Crippen molar-refractivity contribution in [3.8, 4) is 5.75 Å². The maximum Gasteiger partial charge on any atom is 0.122 e. The van der Waals surface area contributed by atoms with Gasteiger partial charge < -0.3 is 15.6 Å². The predicted molar refractivity (Wildman–Crippen MR) is 73.2 cm³/mol. The zero-order valence-electron chi connectivity index (χ0n) is 10.5. The van der Waals surface area contributed by atoms with Crippen LogP contribution in [-0.2, 0) is 6.42 Å². The minimum absolute atomic E-state index is 0.339. The second kappa shape index (κ2) is 5.85. The number of halogens is 1. The Balaban J connectivity index is 3.04. The first-order chi connectivity index (χ1) is 7.92. The number of nitrogens with two attached hydrogens (primary N) is 1. The van der Waals surface area contributed by atoms with Crippen molar-refractivity contribution in [1.29, 1.82) is 0 Å². The summed E-state index contributed by atoms with van der Waals surface area (Å²) in [6.45, 7) is 4.19. The maximum absolute atomic E-state index is 9.83. The van der Waals surface area contributed by atoms with Crippen LogP contribution in [0.4, 0.5) is 0 Å². The van der Waals surface area contributed by atoms with Crippen LogP contribution in [0, 0.1) is 5.41 Å². The Bertz CT molecular complexity index is 382. The molecule has 0 saturated heterocycles. The molecule has 0 aliphatic carbocycles. The van der Waals surface area contributed by atoms with Crippen molar-refractivity contribution in [2.24, 2.45) is 11.1 Å². The van der Waals surface area contributed by atoms with Crippen LogP contribution in [0.5, 0.6) is 5.75 Å². The average Bonchev–Trinajstić information content (AvgIpc) is 2.29. The third kappa shape index (κ3) is 3.44. The van der Waals surface area contributed by atoms with Gasteiger partial charge >= 0.3 is 0 Å². The molecule has 0 amide bonds. The quantitative estimate of drug-likeness (QED) is 0.878. The van der Waals surface area contributed by atoms with Gasteiger partial charge in [0.15, 0.2) is 0 Å². The summed E-state index contributed by atoms with van der Waals surface area (Å²) in [7, 11) is 1.65. The summed E-state index contributed by atoms with van der Waals surface area (Å²) in [5, 5.41) is 9.83. The Labute approximate surface area is 111 Å². The van der Waals surface area contributed by atoms with E-state index in [0.29, 0.717) is 13.0 Å². The fourth-order valence-corrected chi connectivity index (χ4v) is 2.12. The molecule has 3 N–H and O–H groups in total. The number of methoxy groups -OCH3 is 1. The van der Waals surface area contributed by atoms with Gasteiger partial charge in [-0.1, -0.05) is 22.9 Å². The van der Waals surface area contributed by atoms with Crippen LogP contribution in [-0.4, -0.2) is 24.9 Å².